The third kappa shape index (κ3) is 17.6. The van der Waals surface area contributed by atoms with Crippen molar-refractivity contribution in [3.05, 3.63) is 0 Å². The summed E-state index contributed by atoms with van der Waals surface area (Å²) in [5.41, 5.74) is 0. The molecule has 0 aliphatic rings. The molecule has 0 aromatic carbocycles. The van der Waals surface area contributed by atoms with E-state index in [4.69, 9.17) is 0 Å². The minimum absolute atomic E-state index is 0.241. The SMILES string of the molecule is CC.CC.CC(=O)N(C)C=O. The summed E-state index contributed by atoms with van der Waals surface area (Å²) in [6, 6.07) is 0. The highest BCUT2D eigenvalue weighted by atomic mass is 16.2. The van der Waals surface area contributed by atoms with Crippen LogP contribution in [0.5, 0.6) is 0 Å². The summed E-state index contributed by atoms with van der Waals surface area (Å²) >= 11 is 0. The summed E-state index contributed by atoms with van der Waals surface area (Å²) in [5, 5.41) is 0. The predicted octanol–water partition coefficient (Wildman–Crippen LogP) is 1.67. The fourth-order valence-electron chi connectivity index (χ4n) is 0.0742. The van der Waals surface area contributed by atoms with Crippen LogP contribution in [0.4, 0.5) is 0 Å². The first-order valence-electron chi connectivity index (χ1n) is 3.87. The maximum atomic E-state index is 10.1. The Morgan fingerprint density at radius 2 is 1.45 bits per heavy atom. The van der Waals surface area contributed by atoms with Gasteiger partial charge in [0, 0.05) is 14.0 Å². The van der Waals surface area contributed by atoms with Crippen LogP contribution >= 0.6 is 0 Å². The minimum atomic E-state index is -0.241. The second-order valence-electron chi connectivity index (χ2n) is 1.24. The van der Waals surface area contributed by atoms with Crippen LogP contribution in [-0.4, -0.2) is 24.3 Å². The molecule has 0 N–H and O–H groups in total. The topological polar surface area (TPSA) is 37.4 Å². The van der Waals surface area contributed by atoms with Gasteiger partial charge < -0.3 is 0 Å². The number of amides is 2. The lowest BCUT2D eigenvalue weighted by atomic mass is 10.6. The summed E-state index contributed by atoms with van der Waals surface area (Å²) in [6.45, 7) is 9.33. The zero-order chi connectivity index (χ0) is 9.86. The van der Waals surface area contributed by atoms with Crippen molar-refractivity contribution in [2.24, 2.45) is 0 Å². The maximum absolute atomic E-state index is 10.1. The molecule has 11 heavy (non-hydrogen) atoms. The van der Waals surface area contributed by atoms with Gasteiger partial charge in [-0.1, -0.05) is 27.7 Å². The molecular formula is C8H19NO2. The molecule has 0 spiro atoms. The van der Waals surface area contributed by atoms with E-state index >= 15 is 0 Å². The Morgan fingerprint density at radius 3 is 1.45 bits per heavy atom. The van der Waals surface area contributed by atoms with Gasteiger partial charge in [0.2, 0.25) is 12.3 Å². The summed E-state index contributed by atoms with van der Waals surface area (Å²) < 4.78 is 0. The highest BCUT2D eigenvalue weighted by Crippen LogP contribution is 1.71. The summed E-state index contributed by atoms with van der Waals surface area (Å²) in [4.78, 5) is 20.7. The molecule has 0 heterocycles. The van der Waals surface area contributed by atoms with Gasteiger partial charge in [0.1, 0.15) is 0 Å². The van der Waals surface area contributed by atoms with E-state index in [9.17, 15) is 9.59 Å². The zero-order valence-electron chi connectivity index (χ0n) is 8.34. The van der Waals surface area contributed by atoms with E-state index in [-0.39, 0.29) is 5.91 Å². The van der Waals surface area contributed by atoms with Crippen molar-refractivity contribution in [2.45, 2.75) is 34.6 Å². The Balaban J connectivity index is -0.000000138. The Morgan fingerprint density at radius 1 is 1.18 bits per heavy atom. The molecule has 0 unspecified atom stereocenters. The molecule has 0 rings (SSSR count). The molecule has 3 nitrogen and oxygen atoms in total. The van der Waals surface area contributed by atoms with Crippen molar-refractivity contribution in [3.8, 4) is 0 Å². The number of carbonyl (C=O) groups is 2. The van der Waals surface area contributed by atoms with E-state index < -0.39 is 0 Å². The number of rotatable bonds is 1. The average Bonchev–Trinajstić information content (AvgIpc) is 2.10. The van der Waals surface area contributed by atoms with E-state index in [1.807, 2.05) is 27.7 Å². The van der Waals surface area contributed by atoms with E-state index in [1.165, 1.54) is 14.0 Å². The third-order valence-electron chi connectivity index (χ3n) is 0.655. The summed E-state index contributed by atoms with van der Waals surface area (Å²) in [6.07, 6.45) is 0.475. The van der Waals surface area contributed by atoms with Gasteiger partial charge in [-0.05, 0) is 0 Å². The average molecular weight is 161 g/mol. The number of nitrogens with zero attached hydrogens (tertiary/aromatic N) is 1. The second kappa shape index (κ2) is 16.1. The molecule has 68 valence electrons. The summed E-state index contributed by atoms with van der Waals surface area (Å²) in [5.74, 6) is -0.241. The van der Waals surface area contributed by atoms with Crippen molar-refractivity contribution in [1.82, 2.24) is 4.90 Å². The first-order chi connectivity index (χ1) is 5.18. The lowest BCUT2D eigenvalue weighted by molar-refractivity contribution is -0.134. The predicted molar refractivity (Wildman–Crippen MR) is 47.2 cm³/mol. The molecule has 0 fully saturated rings. The van der Waals surface area contributed by atoms with Crippen LogP contribution in [0.15, 0.2) is 0 Å². The lowest BCUT2D eigenvalue weighted by Gasteiger charge is -2.00. The molecule has 0 aromatic rings. The van der Waals surface area contributed by atoms with Gasteiger partial charge in [-0.15, -0.1) is 0 Å². The van der Waals surface area contributed by atoms with Crippen LogP contribution in [0.2, 0.25) is 0 Å². The molecule has 0 saturated carbocycles. The van der Waals surface area contributed by atoms with Crippen LogP contribution in [0.25, 0.3) is 0 Å². The van der Waals surface area contributed by atoms with E-state index in [2.05, 4.69) is 0 Å². The van der Waals surface area contributed by atoms with E-state index in [0.29, 0.717) is 6.41 Å². The fourth-order valence-corrected chi connectivity index (χ4v) is 0.0742. The van der Waals surface area contributed by atoms with Crippen molar-refractivity contribution < 1.29 is 9.59 Å². The highest BCUT2D eigenvalue weighted by molar-refractivity contribution is 5.83. The zero-order valence-corrected chi connectivity index (χ0v) is 8.34. The van der Waals surface area contributed by atoms with E-state index in [1.54, 1.807) is 0 Å². The molecule has 0 radical (unpaired) electrons. The maximum Gasteiger partial charge on any atom is 0.225 e. The fraction of sp³-hybridized carbons (Fsp3) is 0.750. The molecule has 0 saturated heterocycles. The Labute approximate surface area is 69.4 Å². The minimum Gasteiger partial charge on any atom is -0.289 e. The van der Waals surface area contributed by atoms with Crippen LogP contribution in [-0.2, 0) is 9.59 Å². The summed E-state index contributed by atoms with van der Waals surface area (Å²) in [7, 11) is 1.41. The Bertz CT molecular complexity index is 92.1. The normalized spacial score (nSPS) is 6.00. The van der Waals surface area contributed by atoms with Crippen molar-refractivity contribution in [3.63, 3.8) is 0 Å². The van der Waals surface area contributed by atoms with Gasteiger partial charge in [0.05, 0.1) is 0 Å². The van der Waals surface area contributed by atoms with Gasteiger partial charge >= 0.3 is 0 Å². The monoisotopic (exact) mass is 161 g/mol. The number of hydrogen-bond donors (Lipinski definition) is 0. The van der Waals surface area contributed by atoms with Crippen molar-refractivity contribution in [2.75, 3.05) is 7.05 Å². The van der Waals surface area contributed by atoms with Gasteiger partial charge in [0.25, 0.3) is 0 Å². The van der Waals surface area contributed by atoms with Gasteiger partial charge in [0.15, 0.2) is 0 Å². The number of imide groups is 1. The standard InChI is InChI=1S/C4H7NO2.2C2H6/c1-4(7)5(2)3-6;2*1-2/h3H,1-2H3;2*1-2H3. The second-order valence-corrected chi connectivity index (χ2v) is 1.24. The molecule has 0 atom stereocenters. The quantitative estimate of drug-likeness (QED) is 0.549. The Kier molecular flexibility index (Phi) is 24.3. The molecule has 2 amide bonds. The van der Waals surface area contributed by atoms with Crippen LogP contribution in [0, 0.1) is 0 Å². The molecule has 0 aliphatic heterocycles. The van der Waals surface area contributed by atoms with Crippen LogP contribution < -0.4 is 0 Å². The first kappa shape index (κ1) is 16.6. The number of hydrogen-bond acceptors (Lipinski definition) is 2. The molecule has 0 aliphatic carbocycles. The largest absolute Gasteiger partial charge is 0.289 e. The van der Waals surface area contributed by atoms with Gasteiger partial charge in [-0.25, -0.2) is 0 Å². The van der Waals surface area contributed by atoms with Gasteiger partial charge in [-0.2, -0.15) is 0 Å². The van der Waals surface area contributed by atoms with Crippen LogP contribution in [0.1, 0.15) is 34.6 Å². The molecule has 0 bridgehead atoms. The van der Waals surface area contributed by atoms with Crippen molar-refractivity contribution in [1.29, 1.82) is 0 Å². The van der Waals surface area contributed by atoms with Crippen molar-refractivity contribution >= 4 is 12.3 Å². The van der Waals surface area contributed by atoms with Gasteiger partial charge in [-0.3, -0.25) is 14.5 Å². The number of carbonyl (C=O) groups excluding carboxylic acids is 2. The molecular weight excluding hydrogens is 142 g/mol. The van der Waals surface area contributed by atoms with E-state index in [0.717, 1.165) is 4.90 Å². The van der Waals surface area contributed by atoms with Crippen LogP contribution in [0.3, 0.4) is 0 Å². The first-order valence-corrected chi connectivity index (χ1v) is 3.87. The highest BCUT2D eigenvalue weighted by Gasteiger charge is 1.94. The third-order valence-corrected chi connectivity index (χ3v) is 0.655. The smallest absolute Gasteiger partial charge is 0.225 e. The lowest BCUT2D eigenvalue weighted by Crippen LogP contribution is -2.21. The molecule has 0 aromatic heterocycles. The molecule has 3 heteroatoms. The Hall–Kier alpha value is -0.860.